The van der Waals surface area contributed by atoms with E-state index in [4.69, 9.17) is 9.47 Å². The van der Waals surface area contributed by atoms with Crippen LogP contribution < -0.4 is 20.1 Å². The van der Waals surface area contributed by atoms with Gasteiger partial charge in [0.05, 0.1) is 17.8 Å². The Morgan fingerprint density at radius 1 is 1.00 bits per heavy atom. The predicted molar refractivity (Wildman–Crippen MR) is 151 cm³/mol. The fourth-order valence-corrected chi connectivity index (χ4v) is 4.20. The summed E-state index contributed by atoms with van der Waals surface area (Å²) in [5, 5.41) is 7.36. The van der Waals surface area contributed by atoms with Crippen LogP contribution in [0.3, 0.4) is 0 Å². The lowest BCUT2D eigenvalue weighted by molar-refractivity contribution is -0.137. The van der Waals surface area contributed by atoms with Gasteiger partial charge in [-0.3, -0.25) is 14.8 Å². The second kappa shape index (κ2) is 11.8. The van der Waals surface area contributed by atoms with E-state index < -0.39 is 17.6 Å². The molecular formula is C30H28F3N5O3. The van der Waals surface area contributed by atoms with Gasteiger partial charge in [-0.15, -0.1) is 0 Å². The molecule has 5 rings (SSSR count). The highest BCUT2D eigenvalue weighted by atomic mass is 19.4. The van der Waals surface area contributed by atoms with Crippen LogP contribution in [0.25, 0.3) is 10.8 Å². The number of fused-ring (bicyclic) bond motifs is 1. The summed E-state index contributed by atoms with van der Waals surface area (Å²) in [5.74, 6) is 1.42. The fraction of sp³-hybridized carbons (Fsp3) is 0.233. The number of aliphatic imine (C=N–C) groups is 1. The zero-order valence-corrected chi connectivity index (χ0v) is 22.5. The smallest absolute Gasteiger partial charge is 0.416 e. The van der Waals surface area contributed by atoms with Gasteiger partial charge in [0.2, 0.25) is 0 Å². The van der Waals surface area contributed by atoms with E-state index in [0.29, 0.717) is 30.3 Å². The van der Waals surface area contributed by atoms with E-state index in [0.717, 1.165) is 35.3 Å². The number of nitrogens with one attached hydrogen (secondary N) is 2. The third-order valence-electron chi connectivity index (χ3n) is 6.31. The molecule has 1 aliphatic heterocycles. The van der Waals surface area contributed by atoms with Gasteiger partial charge in [0.1, 0.15) is 35.4 Å². The molecule has 41 heavy (non-hydrogen) atoms. The molecule has 8 nitrogen and oxygen atoms in total. The van der Waals surface area contributed by atoms with E-state index in [1.807, 2.05) is 31.1 Å². The molecular weight excluding hydrogens is 535 g/mol. The number of alkyl halides is 3. The van der Waals surface area contributed by atoms with Crippen molar-refractivity contribution in [2.24, 2.45) is 4.99 Å². The van der Waals surface area contributed by atoms with Gasteiger partial charge in [0.15, 0.2) is 0 Å². The summed E-state index contributed by atoms with van der Waals surface area (Å²) in [5.41, 5.74) is 0.000878. The molecule has 0 bridgehead atoms. The molecule has 1 aliphatic rings. The van der Waals surface area contributed by atoms with E-state index in [-0.39, 0.29) is 23.6 Å². The van der Waals surface area contributed by atoms with E-state index >= 15 is 0 Å². The number of pyridine rings is 1. The lowest BCUT2D eigenvalue weighted by Gasteiger charge is -2.17. The summed E-state index contributed by atoms with van der Waals surface area (Å²) < 4.78 is 51.9. The molecule has 11 heteroatoms. The summed E-state index contributed by atoms with van der Waals surface area (Å²) >= 11 is 0. The highest BCUT2D eigenvalue weighted by Gasteiger charge is 2.31. The van der Waals surface area contributed by atoms with Gasteiger partial charge in [-0.25, -0.2) is 0 Å². The van der Waals surface area contributed by atoms with Gasteiger partial charge in [-0.2, -0.15) is 13.2 Å². The quantitative estimate of drug-likeness (QED) is 0.276. The van der Waals surface area contributed by atoms with Crippen molar-refractivity contribution in [2.45, 2.75) is 6.18 Å². The molecule has 0 radical (unpaired) electrons. The molecule has 0 spiro atoms. The first-order valence-electron chi connectivity index (χ1n) is 12.9. The molecule has 1 aromatic heterocycles. The first kappa shape index (κ1) is 27.9. The van der Waals surface area contributed by atoms with Crippen LogP contribution in [-0.2, 0) is 6.18 Å². The number of rotatable bonds is 9. The number of ether oxygens (including phenoxy) is 2. The Hall–Kier alpha value is -4.64. The maximum atomic E-state index is 13.4. The lowest BCUT2D eigenvalue weighted by atomic mass is 10.1. The van der Waals surface area contributed by atoms with E-state index in [9.17, 15) is 18.0 Å². The zero-order chi connectivity index (χ0) is 29.0. The van der Waals surface area contributed by atoms with E-state index in [2.05, 4.69) is 20.6 Å². The van der Waals surface area contributed by atoms with Crippen LogP contribution in [0.2, 0.25) is 0 Å². The summed E-state index contributed by atoms with van der Waals surface area (Å²) in [7, 11) is 3.71. The Morgan fingerprint density at radius 3 is 2.56 bits per heavy atom. The van der Waals surface area contributed by atoms with Gasteiger partial charge in [-0.1, -0.05) is 12.1 Å². The van der Waals surface area contributed by atoms with Gasteiger partial charge < -0.3 is 25.0 Å². The van der Waals surface area contributed by atoms with Crippen molar-refractivity contribution < 1.29 is 27.4 Å². The minimum atomic E-state index is -4.57. The largest absolute Gasteiger partial charge is 0.490 e. The number of anilines is 1. The van der Waals surface area contributed by atoms with Gasteiger partial charge >= 0.3 is 6.18 Å². The molecule has 0 saturated carbocycles. The van der Waals surface area contributed by atoms with Gasteiger partial charge in [0.25, 0.3) is 5.91 Å². The van der Waals surface area contributed by atoms with Crippen molar-refractivity contribution in [3.63, 3.8) is 0 Å². The normalized spacial score (nSPS) is 13.2. The molecule has 3 aromatic carbocycles. The number of carbonyl (C=O) groups is 1. The van der Waals surface area contributed by atoms with Crippen molar-refractivity contribution in [3.8, 4) is 17.2 Å². The average molecular weight is 564 g/mol. The molecule has 2 heterocycles. The summed E-state index contributed by atoms with van der Waals surface area (Å²) in [4.78, 5) is 23.8. The highest BCUT2D eigenvalue weighted by molar-refractivity contribution is 6.07. The standard InChI is InChI=1S/C30H28F3N5O3/c1-38(2)13-14-40-27-8-6-22(30(31,32)33)17-25(27)37-29(39)20-4-3-19-5-7-23(16-21(19)15-20)41-24-9-10-34-26(18-24)28-35-11-12-36-28/h3-10,15-18H,11-14H2,1-2H3,(H,35,36)(H,37,39). The summed E-state index contributed by atoms with van der Waals surface area (Å²) in [6.45, 7) is 2.25. The fourth-order valence-electron chi connectivity index (χ4n) is 4.20. The van der Waals surface area contributed by atoms with Crippen LogP contribution in [0.5, 0.6) is 17.2 Å². The van der Waals surface area contributed by atoms with Gasteiger partial charge in [0, 0.05) is 30.9 Å². The molecule has 0 unspecified atom stereocenters. The SMILES string of the molecule is CN(C)CCOc1ccc(C(F)(F)F)cc1NC(=O)c1ccc2ccc(Oc3ccnc(C4=NCCN4)c3)cc2c1. The first-order chi connectivity index (χ1) is 19.7. The van der Waals surface area contributed by atoms with Gasteiger partial charge in [-0.05, 0) is 73.4 Å². The predicted octanol–water partition coefficient (Wildman–Crippen LogP) is 5.59. The number of hydrogen-bond acceptors (Lipinski definition) is 7. The number of aromatic nitrogens is 1. The number of likely N-dealkylation sites (N-methyl/N-ethyl adjacent to an activating group) is 1. The number of hydrogen-bond donors (Lipinski definition) is 2. The van der Waals surface area contributed by atoms with Crippen LogP contribution in [-0.4, -0.2) is 62.0 Å². The molecule has 0 saturated heterocycles. The van der Waals surface area contributed by atoms with Crippen LogP contribution in [0.15, 0.2) is 77.9 Å². The monoisotopic (exact) mass is 563 g/mol. The maximum Gasteiger partial charge on any atom is 0.416 e. The molecule has 1 amide bonds. The third kappa shape index (κ3) is 6.93. The minimum Gasteiger partial charge on any atom is -0.490 e. The Labute approximate surface area is 234 Å². The second-order valence-corrected chi connectivity index (χ2v) is 9.67. The lowest BCUT2D eigenvalue weighted by Crippen LogP contribution is -2.20. The summed E-state index contributed by atoms with van der Waals surface area (Å²) in [6, 6.07) is 17.1. The Kier molecular flexibility index (Phi) is 8.06. The number of amidine groups is 1. The molecule has 2 N–H and O–H groups in total. The van der Waals surface area contributed by atoms with Crippen LogP contribution in [0, 0.1) is 0 Å². The van der Waals surface area contributed by atoms with Crippen molar-refractivity contribution in [1.29, 1.82) is 0 Å². The zero-order valence-electron chi connectivity index (χ0n) is 22.5. The Morgan fingerprint density at radius 2 is 1.80 bits per heavy atom. The molecule has 0 atom stereocenters. The molecule has 0 aliphatic carbocycles. The van der Waals surface area contributed by atoms with Crippen molar-refractivity contribution in [1.82, 2.24) is 15.2 Å². The van der Waals surface area contributed by atoms with E-state index in [1.165, 1.54) is 6.07 Å². The second-order valence-electron chi connectivity index (χ2n) is 9.67. The van der Waals surface area contributed by atoms with Crippen LogP contribution >= 0.6 is 0 Å². The molecule has 212 valence electrons. The maximum absolute atomic E-state index is 13.4. The van der Waals surface area contributed by atoms with Crippen LogP contribution in [0.4, 0.5) is 18.9 Å². The van der Waals surface area contributed by atoms with Crippen molar-refractivity contribution in [3.05, 3.63) is 89.7 Å². The Balaban J connectivity index is 1.37. The molecule has 0 fully saturated rings. The topological polar surface area (TPSA) is 88.1 Å². The van der Waals surface area contributed by atoms with Crippen molar-refractivity contribution in [2.75, 3.05) is 45.7 Å². The number of halogens is 3. The Bertz CT molecular complexity index is 1600. The summed E-state index contributed by atoms with van der Waals surface area (Å²) in [6.07, 6.45) is -2.93. The highest BCUT2D eigenvalue weighted by Crippen LogP contribution is 2.35. The van der Waals surface area contributed by atoms with Crippen LogP contribution in [0.1, 0.15) is 21.6 Å². The minimum absolute atomic E-state index is 0.0596. The third-order valence-corrected chi connectivity index (χ3v) is 6.31. The molecule has 4 aromatic rings. The number of benzene rings is 3. The van der Waals surface area contributed by atoms with E-state index in [1.54, 1.807) is 42.6 Å². The number of nitrogens with zero attached hydrogens (tertiary/aromatic N) is 3. The number of amides is 1. The number of carbonyl (C=O) groups excluding carboxylic acids is 1. The van der Waals surface area contributed by atoms with Crippen molar-refractivity contribution >= 4 is 28.2 Å². The average Bonchev–Trinajstić information content (AvgIpc) is 3.48. The first-order valence-corrected chi connectivity index (χ1v) is 12.9.